The van der Waals surface area contributed by atoms with Crippen LogP contribution in [0.1, 0.15) is 46.8 Å². The van der Waals surface area contributed by atoms with E-state index in [1.165, 1.54) is 16.7 Å². The molecule has 0 fully saturated rings. The zero-order chi connectivity index (χ0) is 17.0. The molecule has 0 spiro atoms. The molecule has 0 heterocycles. The highest BCUT2D eigenvalue weighted by molar-refractivity contribution is 7.80. The molecule has 3 nitrogen and oxygen atoms in total. The van der Waals surface area contributed by atoms with E-state index in [1.54, 1.807) is 0 Å². The van der Waals surface area contributed by atoms with Gasteiger partial charge >= 0.3 is 0 Å². The number of nitrogens with one attached hydrogen (secondary N) is 2. The Bertz CT molecular complexity index is 721. The summed E-state index contributed by atoms with van der Waals surface area (Å²) in [7, 11) is 0. The minimum atomic E-state index is -0.207. The Balaban J connectivity index is 1.99. The third-order valence-electron chi connectivity index (χ3n) is 3.83. The maximum absolute atomic E-state index is 12.2. The summed E-state index contributed by atoms with van der Waals surface area (Å²) in [5, 5.41) is 6.05. The predicted octanol–water partition coefficient (Wildman–Crippen LogP) is 4.55. The summed E-state index contributed by atoms with van der Waals surface area (Å²) in [5.41, 5.74) is 5.06. The van der Waals surface area contributed by atoms with Crippen molar-refractivity contribution in [1.82, 2.24) is 5.32 Å². The van der Waals surface area contributed by atoms with Crippen LogP contribution in [0.5, 0.6) is 0 Å². The number of carbonyl (C=O) groups excluding carboxylic acids is 1. The van der Waals surface area contributed by atoms with E-state index in [1.807, 2.05) is 49.4 Å². The summed E-state index contributed by atoms with van der Waals surface area (Å²) in [6, 6.07) is 13.6. The van der Waals surface area contributed by atoms with Crippen LogP contribution >= 0.6 is 12.2 Å². The molecule has 0 aliphatic carbocycles. The summed E-state index contributed by atoms with van der Waals surface area (Å²) in [6.07, 6.45) is 0. The van der Waals surface area contributed by atoms with E-state index in [0.29, 0.717) is 16.6 Å². The van der Waals surface area contributed by atoms with Gasteiger partial charge in [0.1, 0.15) is 0 Å². The Kier molecular flexibility index (Phi) is 5.50. The lowest BCUT2D eigenvalue weighted by molar-refractivity contribution is 0.0977. The Morgan fingerprint density at radius 1 is 1.00 bits per heavy atom. The summed E-state index contributed by atoms with van der Waals surface area (Å²) < 4.78 is 0. The summed E-state index contributed by atoms with van der Waals surface area (Å²) in [4.78, 5) is 12.2. The summed E-state index contributed by atoms with van der Waals surface area (Å²) >= 11 is 5.21. The van der Waals surface area contributed by atoms with Crippen LogP contribution in [0.3, 0.4) is 0 Å². The Labute approximate surface area is 143 Å². The first-order chi connectivity index (χ1) is 10.9. The van der Waals surface area contributed by atoms with Gasteiger partial charge in [-0.1, -0.05) is 32.0 Å². The first kappa shape index (κ1) is 17.2. The van der Waals surface area contributed by atoms with E-state index in [0.717, 1.165) is 5.69 Å². The number of benzene rings is 2. The first-order valence-corrected chi connectivity index (χ1v) is 8.07. The molecule has 0 aliphatic rings. The molecule has 0 bridgehead atoms. The van der Waals surface area contributed by atoms with Gasteiger partial charge in [0, 0.05) is 11.3 Å². The average Bonchev–Trinajstić information content (AvgIpc) is 2.51. The molecule has 2 aromatic carbocycles. The number of anilines is 1. The lowest BCUT2D eigenvalue weighted by Gasteiger charge is -2.11. The second-order valence-corrected chi connectivity index (χ2v) is 6.39. The van der Waals surface area contributed by atoms with Crippen molar-refractivity contribution in [3.05, 3.63) is 64.7 Å². The molecule has 4 heteroatoms. The van der Waals surface area contributed by atoms with Crippen LogP contribution in [0.25, 0.3) is 0 Å². The van der Waals surface area contributed by atoms with Gasteiger partial charge in [-0.25, -0.2) is 0 Å². The SMILES string of the molecule is Cc1ccc(NC(=S)NC(=O)c2ccc(C(C)C)cc2)cc1C. The molecule has 0 atom stereocenters. The predicted molar refractivity (Wildman–Crippen MR) is 100 cm³/mol. The van der Waals surface area contributed by atoms with Gasteiger partial charge in [-0.05, 0) is 72.9 Å². The van der Waals surface area contributed by atoms with E-state index in [2.05, 4.69) is 31.4 Å². The highest BCUT2D eigenvalue weighted by Crippen LogP contribution is 2.15. The normalized spacial score (nSPS) is 10.5. The number of hydrogen-bond acceptors (Lipinski definition) is 2. The Morgan fingerprint density at radius 3 is 2.22 bits per heavy atom. The smallest absolute Gasteiger partial charge is 0.257 e. The van der Waals surface area contributed by atoms with Crippen molar-refractivity contribution < 1.29 is 4.79 Å². The van der Waals surface area contributed by atoms with Gasteiger partial charge in [0.05, 0.1) is 0 Å². The van der Waals surface area contributed by atoms with E-state index >= 15 is 0 Å². The topological polar surface area (TPSA) is 41.1 Å². The number of hydrogen-bond donors (Lipinski definition) is 2. The number of rotatable bonds is 3. The van der Waals surface area contributed by atoms with Gasteiger partial charge in [-0.2, -0.15) is 0 Å². The second-order valence-electron chi connectivity index (χ2n) is 5.98. The molecular weight excluding hydrogens is 304 g/mol. The molecule has 2 N–H and O–H groups in total. The van der Waals surface area contributed by atoms with E-state index < -0.39 is 0 Å². The van der Waals surface area contributed by atoms with Crippen molar-refractivity contribution in [2.24, 2.45) is 0 Å². The maximum Gasteiger partial charge on any atom is 0.257 e. The molecule has 0 saturated heterocycles. The quantitative estimate of drug-likeness (QED) is 0.813. The highest BCUT2D eigenvalue weighted by atomic mass is 32.1. The fourth-order valence-corrected chi connectivity index (χ4v) is 2.39. The lowest BCUT2D eigenvalue weighted by atomic mass is 10.0. The molecule has 0 radical (unpaired) electrons. The van der Waals surface area contributed by atoms with Gasteiger partial charge in [0.25, 0.3) is 5.91 Å². The zero-order valence-corrected chi connectivity index (χ0v) is 14.8. The molecule has 0 aliphatic heterocycles. The van der Waals surface area contributed by atoms with Crippen LogP contribution < -0.4 is 10.6 Å². The van der Waals surface area contributed by atoms with Crippen molar-refractivity contribution >= 4 is 28.9 Å². The van der Waals surface area contributed by atoms with Crippen LogP contribution in [-0.2, 0) is 0 Å². The van der Waals surface area contributed by atoms with Gasteiger partial charge in [0.15, 0.2) is 5.11 Å². The molecule has 23 heavy (non-hydrogen) atoms. The zero-order valence-electron chi connectivity index (χ0n) is 13.9. The largest absolute Gasteiger partial charge is 0.332 e. The molecule has 120 valence electrons. The second kappa shape index (κ2) is 7.38. The Hall–Kier alpha value is -2.20. The van der Waals surface area contributed by atoms with Crippen molar-refractivity contribution in [2.45, 2.75) is 33.6 Å². The monoisotopic (exact) mass is 326 g/mol. The van der Waals surface area contributed by atoms with Crippen LogP contribution in [-0.4, -0.2) is 11.0 Å². The van der Waals surface area contributed by atoms with E-state index in [9.17, 15) is 4.79 Å². The number of thiocarbonyl (C=S) groups is 1. The minimum Gasteiger partial charge on any atom is -0.332 e. The van der Waals surface area contributed by atoms with E-state index in [-0.39, 0.29) is 5.91 Å². The average molecular weight is 326 g/mol. The lowest BCUT2D eigenvalue weighted by Crippen LogP contribution is -2.34. The van der Waals surface area contributed by atoms with Crippen molar-refractivity contribution in [2.75, 3.05) is 5.32 Å². The number of aryl methyl sites for hydroxylation is 2. The molecule has 0 aromatic heterocycles. The third kappa shape index (κ3) is 4.63. The van der Waals surface area contributed by atoms with Gasteiger partial charge in [0.2, 0.25) is 0 Å². The molecule has 0 saturated carbocycles. The fourth-order valence-electron chi connectivity index (χ4n) is 2.18. The van der Waals surface area contributed by atoms with Crippen molar-refractivity contribution in [3.63, 3.8) is 0 Å². The Morgan fingerprint density at radius 2 is 1.65 bits per heavy atom. The number of amides is 1. The van der Waals surface area contributed by atoms with Gasteiger partial charge in [-0.3, -0.25) is 10.1 Å². The van der Waals surface area contributed by atoms with Crippen molar-refractivity contribution in [3.8, 4) is 0 Å². The standard InChI is InChI=1S/C19H22N2OS/c1-12(2)15-6-8-16(9-7-15)18(22)21-19(23)20-17-10-5-13(3)14(4)11-17/h5-12H,1-4H3,(H2,20,21,22,23). The molecule has 0 unspecified atom stereocenters. The van der Waals surface area contributed by atoms with E-state index in [4.69, 9.17) is 12.2 Å². The molecule has 2 aromatic rings. The first-order valence-electron chi connectivity index (χ1n) is 7.66. The van der Waals surface area contributed by atoms with Gasteiger partial charge in [-0.15, -0.1) is 0 Å². The molecular formula is C19H22N2OS. The van der Waals surface area contributed by atoms with Crippen LogP contribution in [0.4, 0.5) is 5.69 Å². The summed E-state index contributed by atoms with van der Waals surface area (Å²) in [6.45, 7) is 8.34. The van der Waals surface area contributed by atoms with Crippen LogP contribution in [0.2, 0.25) is 0 Å². The highest BCUT2D eigenvalue weighted by Gasteiger charge is 2.09. The fraction of sp³-hybridized carbons (Fsp3) is 0.263. The van der Waals surface area contributed by atoms with Crippen LogP contribution in [0, 0.1) is 13.8 Å². The maximum atomic E-state index is 12.2. The molecule has 1 amide bonds. The molecule has 2 rings (SSSR count). The van der Waals surface area contributed by atoms with Crippen LogP contribution in [0.15, 0.2) is 42.5 Å². The summed E-state index contributed by atoms with van der Waals surface area (Å²) in [5.74, 6) is 0.237. The third-order valence-corrected chi connectivity index (χ3v) is 4.04. The van der Waals surface area contributed by atoms with Gasteiger partial charge < -0.3 is 5.32 Å². The number of carbonyl (C=O) groups is 1. The van der Waals surface area contributed by atoms with Crippen molar-refractivity contribution in [1.29, 1.82) is 0 Å². The minimum absolute atomic E-state index is 0.207.